The Morgan fingerprint density at radius 3 is 2.21 bits per heavy atom. The number of phenols is 1. The van der Waals surface area contributed by atoms with Crippen LogP contribution in [0, 0.1) is 0 Å². The maximum Gasteiger partial charge on any atom is 0.328 e. The molecule has 3 amide bonds. The third-order valence-corrected chi connectivity index (χ3v) is 4.55. The van der Waals surface area contributed by atoms with Crippen LogP contribution < -0.4 is 33.2 Å². The van der Waals surface area contributed by atoms with Gasteiger partial charge in [-0.1, -0.05) is 12.1 Å². The third-order valence-electron chi connectivity index (χ3n) is 4.55. The molecule has 14 nitrogen and oxygen atoms in total. The molecule has 0 saturated heterocycles. The van der Waals surface area contributed by atoms with E-state index < -0.39 is 55.0 Å². The number of carboxylic acid groups (broad SMARTS) is 1. The number of carboxylic acids is 1. The summed E-state index contributed by atoms with van der Waals surface area (Å²) in [6.45, 7) is -1.13. The van der Waals surface area contributed by atoms with E-state index in [1.54, 1.807) is 12.1 Å². The molecule has 0 radical (unpaired) electrons. The van der Waals surface area contributed by atoms with Crippen molar-refractivity contribution >= 4 is 29.7 Å². The zero-order chi connectivity index (χ0) is 25.7. The molecular weight excluding hydrogens is 450 g/mol. The van der Waals surface area contributed by atoms with Crippen LogP contribution in [0.15, 0.2) is 29.3 Å². The van der Waals surface area contributed by atoms with Gasteiger partial charge in [0.1, 0.15) is 17.8 Å². The Balaban J connectivity index is 2.79. The molecule has 3 unspecified atom stereocenters. The predicted octanol–water partition coefficient (Wildman–Crippen LogP) is -3.52. The number of carbonyl (C=O) groups is 4. The summed E-state index contributed by atoms with van der Waals surface area (Å²) in [4.78, 5) is 51.8. The second kappa shape index (κ2) is 14.3. The van der Waals surface area contributed by atoms with Crippen LogP contribution in [0.5, 0.6) is 5.75 Å². The van der Waals surface area contributed by atoms with Crippen molar-refractivity contribution in [2.24, 2.45) is 22.2 Å². The molecule has 0 fully saturated rings. The van der Waals surface area contributed by atoms with Gasteiger partial charge in [-0.25, -0.2) is 4.79 Å². The van der Waals surface area contributed by atoms with Crippen molar-refractivity contribution in [3.05, 3.63) is 29.8 Å². The highest BCUT2D eigenvalue weighted by Gasteiger charge is 2.25. The lowest BCUT2D eigenvalue weighted by atomic mass is 10.0. The first-order chi connectivity index (χ1) is 16.0. The molecule has 34 heavy (non-hydrogen) atoms. The highest BCUT2D eigenvalue weighted by Crippen LogP contribution is 2.11. The lowest BCUT2D eigenvalue weighted by molar-refractivity contribution is -0.142. The molecule has 188 valence electrons. The normalized spacial score (nSPS) is 13.1. The maximum atomic E-state index is 12.7. The molecule has 0 spiro atoms. The molecule has 0 heterocycles. The molecular formula is C20H31N7O7. The summed E-state index contributed by atoms with van der Waals surface area (Å²) in [5.74, 6) is -3.68. The third kappa shape index (κ3) is 10.6. The van der Waals surface area contributed by atoms with Gasteiger partial charge in [-0.3, -0.25) is 19.4 Å². The molecule has 0 aliphatic carbocycles. The minimum absolute atomic E-state index is 0.0186. The summed E-state index contributed by atoms with van der Waals surface area (Å²) in [6, 6.07) is 2.35. The predicted molar refractivity (Wildman–Crippen MR) is 121 cm³/mol. The van der Waals surface area contributed by atoms with Crippen molar-refractivity contribution in [2.45, 2.75) is 37.4 Å². The number of nitrogens with one attached hydrogen (secondary N) is 3. The monoisotopic (exact) mass is 481 g/mol. The van der Waals surface area contributed by atoms with Crippen LogP contribution in [0.3, 0.4) is 0 Å². The number of aliphatic hydroxyl groups is 1. The maximum absolute atomic E-state index is 12.7. The fourth-order valence-electron chi connectivity index (χ4n) is 2.73. The van der Waals surface area contributed by atoms with Crippen LogP contribution in [0.4, 0.5) is 0 Å². The number of nitrogens with zero attached hydrogens (tertiary/aromatic N) is 1. The molecule has 14 heteroatoms. The van der Waals surface area contributed by atoms with E-state index in [4.69, 9.17) is 27.4 Å². The number of aliphatic hydroxyl groups excluding tert-OH is 1. The second-order valence-corrected chi connectivity index (χ2v) is 7.35. The van der Waals surface area contributed by atoms with Gasteiger partial charge in [0, 0.05) is 13.0 Å². The number of nitrogens with two attached hydrogens (primary N) is 3. The number of benzene rings is 1. The Morgan fingerprint density at radius 2 is 1.65 bits per heavy atom. The molecule has 0 aliphatic heterocycles. The molecule has 0 aliphatic rings. The molecule has 3 atom stereocenters. The van der Waals surface area contributed by atoms with Crippen molar-refractivity contribution in [3.8, 4) is 5.75 Å². The highest BCUT2D eigenvalue weighted by molar-refractivity contribution is 5.92. The highest BCUT2D eigenvalue weighted by atomic mass is 16.4. The smallest absolute Gasteiger partial charge is 0.328 e. The zero-order valence-electron chi connectivity index (χ0n) is 18.4. The number of phenolic OH excluding ortho intramolecular Hbond substituents is 1. The van der Waals surface area contributed by atoms with E-state index in [0.29, 0.717) is 12.0 Å². The molecule has 12 N–H and O–H groups in total. The summed E-state index contributed by atoms with van der Waals surface area (Å²) < 4.78 is 0. The Morgan fingerprint density at radius 1 is 1.00 bits per heavy atom. The van der Waals surface area contributed by atoms with Gasteiger partial charge >= 0.3 is 5.97 Å². The number of hydrogen-bond donors (Lipinski definition) is 9. The second-order valence-electron chi connectivity index (χ2n) is 7.35. The number of guanidine groups is 1. The van der Waals surface area contributed by atoms with Crippen LogP contribution in [-0.4, -0.2) is 82.8 Å². The number of aliphatic carboxylic acids is 1. The van der Waals surface area contributed by atoms with Crippen molar-refractivity contribution in [3.63, 3.8) is 0 Å². The number of aliphatic imine (C=N–C) groups is 1. The Kier molecular flexibility index (Phi) is 11.8. The Hall–Kier alpha value is -3.91. The SMILES string of the molecule is NC(N)=NCCCC(N)C(=O)NC(Cc1ccc(O)cc1)C(=O)NCC(=O)NC(CO)C(=O)O. The summed E-state index contributed by atoms with van der Waals surface area (Å²) >= 11 is 0. The lowest BCUT2D eigenvalue weighted by Crippen LogP contribution is -2.54. The van der Waals surface area contributed by atoms with Crippen molar-refractivity contribution in [1.82, 2.24) is 16.0 Å². The van der Waals surface area contributed by atoms with E-state index in [9.17, 15) is 24.3 Å². The standard InChI is InChI=1S/C20H31N7O7/c21-13(2-1-7-24-20(22)23)17(31)27-14(8-11-3-5-12(29)6-4-11)18(32)25-9-16(30)26-15(10-28)19(33)34/h3-6,13-15,28-29H,1-2,7-10,21H2,(H,25,32)(H,26,30)(H,27,31)(H,33,34)(H4,22,23,24). The number of aromatic hydroxyl groups is 1. The van der Waals surface area contributed by atoms with Gasteiger partial charge in [-0.05, 0) is 30.5 Å². The largest absolute Gasteiger partial charge is 0.508 e. The number of rotatable bonds is 14. The van der Waals surface area contributed by atoms with Crippen LogP contribution in [0.25, 0.3) is 0 Å². The fraction of sp³-hybridized carbons (Fsp3) is 0.450. The van der Waals surface area contributed by atoms with E-state index in [2.05, 4.69) is 15.6 Å². The topological polar surface area (TPSA) is 255 Å². The van der Waals surface area contributed by atoms with Gasteiger partial charge < -0.3 is 48.5 Å². The van der Waals surface area contributed by atoms with E-state index in [1.165, 1.54) is 12.1 Å². The van der Waals surface area contributed by atoms with E-state index >= 15 is 0 Å². The van der Waals surface area contributed by atoms with Crippen LogP contribution in [-0.2, 0) is 25.6 Å². The minimum Gasteiger partial charge on any atom is -0.508 e. The summed E-state index contributed by atoms with van der Waals surface area (Å²) in [5, 5.41) is 34.2. The molecule has 0 bridgehead atoms. The van der Waals surface area contributed by atoms with Gasteiger partial charge in [0.15, 0.2) is 5.96 Å². The van der Waals surface area contributed by atoms with Crippen molar-refractivity contribution in [1.29, 1.82) is 0 Å². The van der Waals surface area contributed by atoms with Gasteiger partial charge in [0.2, 0.25) is 17.7 Å². The summed E-state index contributed by atoms with van der Waals surface area (Å²) in [7, 11) is 0. The van der Waals surface area contributed by atoms with E-state index in [0.717, 1.165) is 0 Å². The van der Waals surface area contributed by atoms with Gasteiger partial charge in [0.05, 0.1) is 19.2 Å². The molecule has 0 saturated carbocycles. The number of hydrogen-bond acceptors (Lipinski definition) is 8. The van der Waals surface area contributed by atoms with Crippen LogP contribution in [0.2, 0.25) is 0 Å². The van der Waals surface area contributed by atoms with E-state index in [-0.39, 0.29) is 31.1 Å². The summed E-state index contributed by atoms with van der Waals surface area (Å²) in [5.41, 5.74) is 17.0. The first-order valence-corrected chi connectivity index (χ1v) is 10.3. The molecule has 0 aromatic heterocycles. The van der Waals surface area contributed by atoms with Crippen molar-refractivity contribution < 1.29 is 34.5 Å². The average Bonchev–Trinajstić information content (AvgIpc) is 2.78. The Labute approximate surface area is 195 Å². The average molecular weight is 482 g/mol. The molecule has 1 aromatic carbocycles. The molecule has 1 rings (SSSR count). The van der Waals surface area contributed by atoms with Crippen molar-refractivity contribution in [2.75, 3.05) is 19.7 Å². The van der Waals surface area contributed by atoms with E-state index in [1.807, 2.05) is 5.32 Å². The van der Waals surface area contributed by atoms with Crippen LogP contribution >= 0.6 is 0 Å². The lowest BCUT2D eigenvalue weighted by Gasteiger charge is -2.21. The first kappa shape index (κ1) is 28.1. The Bertz CT molecular complexity index is 873. The number of carbonyl (C=O) groups excluding carboxylic acids is 3. The number of amides is 3. The quantitative estimate of drug-likeness (QED) is 0.0718. The van der Waals surface area contributed by atoms with Gasteiger partial charge in [-0.15, -0.1) is 0 Å². The fourth-order valence-corrected chi connectivity index (χ4v) is 2.73. The minimum atomic E-state index is -1.52. The molecule has 1 aromatic rings. The zero-order valence-corrected chi connectivity index (χ0v) is 18.4. The van der Waals surface area contributed by atoms with Gasteiger partial charge in [0.25, 0.3) is 0 Å². The first-order valence-electron chi connectivity index (χ1n) is 10.3. The van der Waals surface area contributed by atoms with Gasteiger partial charge in [-0.2, -0.15) is 0 Å². The van der Waals surface area contributed by atoms with Crippen LogP contribution in [0.1, 0.15) is 18.4 Å². The summed E-state index contributed by atoms with van der Waals surface area (Å²) in [6.07, 6.45) is 0.696.